The van der Waals surface area contributed by atoms with Gasteiger partial charge in [0.05, 0.1) is 6.04 Å². The summed E-state index contributed by atoms with van der Waals surface area (Å²) in [6, 6.07) is 16.4. The van der Waals surface area contributed by atoms with E-state index in [2.05, 4.69) is 63.7 Å². The van der Waals surface area contributed by atoms with Gasteiger partial charge >= 0.3 is 0 Å². The van der Waals surface area contributed by atoms with Crippen LogP contribution in [-0.2, 0) is 4.79 Å². The van der Waals surface area contributed by atoms with Crippen molar-refractivity contribution >= 4 is 17.7 Å². The van der Waals surface area contributed by atoms with Crippen molar-refractivity contribution in [3.8, 4) is 0 Å². The van der Waals surface area contributed by atoms with Crippen LogP contribution in [0.25, 0.3) is 6.08 Å². The molecule has 0 aromatic heterocycles. The minimum absolute atomic E-state index is 0.0751. The number of hydrogen-bond donors (Lipinski definition) is 1. The van der Waals surface area contributed by atoms with E-state index >= 15 is 0 Å². The van der Waals surface area contributed by atoms with Crippen LogP contribution in [0.2, 0.25) is 0 Å². The predicted octanol–water partition coefficient (Wildman–Crippen LogP) is 3.96. The van der Waals surface area contributed by atoms with Crippen LogP contribution in [0, 0.1) is 13.8 Å². The lowest BCUT2D eigenvalue weighted by molar-refractivity contribution is -0.121. The molecule has 4 nitrogen and oxygen atoms in total. The zero-order valence-corrected chi connectivity index (χ0v) is 17.2. The molecular weight excluding hydrogens is 346 g/mol. The van der Waals surface area contributed by atoms with Gasteiger partial charge in [-0.1, -0.05) is 54.6 Å². The van der Waals surface area contributed by atoms with Crippen LogP contribution in [0.15, 0.2) is 54.6 Å². The Morgan fingerprint density at radius 3 is 2.50 bits per heavy atom. The van der Waals surface area contributed by atoms with Crippen LogP contribution in [0.3, 0.4) is 0 Å². The SMILES string of the molecule is Cc1ccc(C)c(NC(=O)[C@@H](C)N2CCN(C/C=C/c3ccccc3)CC2)c1. The number of rotatable bonds is 6. The number of nitrogens with one attached hydrogen (secondary N) is 1. The molecule has 2 aromatic rings. The lowest BCUT2D eigenvalue weighted by Crippen LogP contribution is -2.52. The van der Waals surface area contributed by atoms with E-state index in [9.17, 15) is 4.79 Å². The maximum atomic E-state index is 12.7. The van der Waals surface area contributed by atoms with Gasteiger partial charge in [-0.15, -0.1) is 0 Å². The maximum Gasteiger partial charge on any atom is 0.241 e. The normalized spacial score (nSPS) is 17.0. The third kappa shape index (κ3) is 5.54. The Labute approximate surface area is 168 Å². The first-order chi connectivity index (χ1) is 13.5. The highest BCUT2D eigenvalue weighted by Crippen LogP contribution is 2.17. The van der Waals surface area contributed by atoms with Gasteiger partial charge in [0.25, 0.3) is 0 Å². The van der Waals surface area contributed by atoms with Gasteiger partial charge in [-0.2, -0.15) is 0 Å². The Hall–Kier alpha value is -2.43. The molecule has 2 aromatic carbocycles. The fourth-order valence-corrected chi connectivity index (χ4v) is 3.51. The number of amides is 1. The molecule has 1 atom stereocenters. The molecule has 3 rings (SSSR count). The number of nitrogens with zero attached hydrogens (tertiary/aromatic N) is 2. The number of carbonyl (C=O) groups excluding carboxylic acids is 1. The fourth-order valence-electron chi connectivity index (χ4n) is 3.51. The Balaban J connectivity index is 1.46. The summed E-state index contributed by atoms with van der Waals surface area (Å²) in [5.41, 5.74) is 4.41. The molecule has 1 heterocycles. The summed E-state index contributed by atoms with van der Waals surface area (Å²) in [6.07, 6.45) is 4.40. The average Bonchev–Trinajstić information content (AvgIpc) is 2.71. The third-order valence-electron chi connectivity index (χ3n) is 5.46. The minimum atomic E-state index is -0.123. The van der Waals surface area contributed by atoms with Gasteiger partial charge in [0.15, 0.2) is 0 Å². The highest BCUT2D eigenvalue weighted by atomic mass is 16.2. The highest BCUT2D eigenvalue weighted by molar-refractivity contribution is 5.95. The monoisotopic (exact) mass is 377 g/mol. The van der Waals surface area contributed by atoms with Crippen molar-refractivity contribution in [1.82, 2.24) is 9.80 Å². The van der Waals surface area contributed by atoms with Gasteiger partial charge in [0.2, 0.25) is 5.91 Å². The van der Waals surface area contributed by atoms with Gasteiger partial charge in [0.1, 0.15) is 0 Å². The van der Waals surface area contributed by atoms with Crippen molar-refractivity contribution in [3.05, 3.63) is 71.3 Å². The molecule has 0 saturated carbocycles. The maximum absolute atomic E-state index is 12.7. The Morgan fingerprint density at radius 1 is 1.07 bits per heavy atom. The van der Waals surface area contributed by atoms with Crippen LogP contribution < -0.4 is 5.32 Å². The highest BCUT2D eigenvalue weighted by Gasteiger charge is 2.25. The minimum Gasteiger partial charge on any atom is -0.324 e. The molecule has 1 fully saturated rings. The van der Waals surface area contributed by atoms with Crippen molar-refractivity contribution < 1.29 is 4.79 Å². The topological polar surface area (TPSA) is 35.6 Å². The summed E-state index contributed by atoms with van der Waals surface area (Å²) in [7, 11) is 0. The van der Waals surface area contributed by atoms with E-state index in [4.69, 9.17) is 0 Å². The molecule has 1 aliphatic rings. The van der Waals surface area contributed by atoms with E-state index in [1.165, 1.54) is 5.56 Å². The molecule has 0 unspecified atom stereocenters. The zero-order chi connectivity index (χ0) is 19.9. The van der Waals surface area contributed by atoms with Crippen molar-refractivity contribution in [2.45, 2.75) is 26.8 Å². The van der Waals surface area contributed by atoms with Gasteiger partial charge in [-0.25, -0.2) is 0 Å². The molecule has 4 heteroatoms. The van der Waals surface area contributed by atoms with E-state index in [0.29, 0.717) is 0 Å². The standard InChI is InChI=1S/C24H31N3O/c1-19-11-12-20(2)23(18-19)25-24(28)21(3)27-16-14-26(15-17-27)13-7-10-22-8-5-4-6-9-22/h4-12,18,21H,13-17H2,1-3H3,(H,25,28)/b10-7+/t21-/m1/s1. The van der Waals surface area contributed by atoms with Crippen molar-refractivity contribution in [2.75, 3.05) is 38.0 Å². The molecular formula is C24H31N3O. The molecule has 1 saturated heterocycles. The van der Waals surface area contributed by atoms with E-state index in [1.54, 1.807) is 0 Å². The van der Waals surface area contributed by atoms with E-state index in [-0.39, 0.29) is 11.9 Å². The number of anilines is 1. The van der Waals surface area contributed by atoms with E-state index < -0.39 is 0 Å². The molecule has 28 heavy (non-hydrogen) atoms. The average molecular weight is 378 g/mol. The first-order valence-corrected chi connectivity index (χ1v) is 10.1. The number of piperazine rings is 1. The van der Waals surface area contributed by atoms with Gasteiger partial charge < -0.3 is 5.32 Å². The largest absolute Gasteiger partial charge is 0.324 e. The van der Waals surface area contributed by atoms with Crippen LogP contribution in [0.4, 0.5) is 5.69 Å². The lowest BCUT2D eigenvalue weighted by atomic mass is 10.1. The second kappa shape index (κ2) is 9.67. The quantitative estimate of drug-likeness (QED) is 0.828. The molecule has 0 spiro atoms. The molecule has 1 amide bonds. The zero-order valence-electron chi connectivity index (χ0n) is 17.2. The van der Waals surface area contributed by atoms with Crippen LogP contribution in [0.1, 0.15) is 23.6 Å². The number of carbonyl (C=O) groups is 1. The lowest BCUT2D eigenvalue weighted by Gasteiger charge is -2.37. The summed E-state index contributed by atoms with van der Waals surface area (Å²) in [6.45, 7) is 10.8. The summed E-state index contributed by atoms with van der Waals surface area (Å²) in [5, 5.41) is 3.11. The van der Waals surface area contributed by atoms with Gasteiger partial charge in [-0.3, -0.25) is 14.6 Å². The Bertz CT molecular complexity index is 808. The van der Waals surface area contributed by atoms with Crippen LogP contribution in [0.5, 0.6) is 0 Å². The predicted molar refractivity (Wildman–Crippen MR) is 117 cm³/mol. The molecule has 0 bridgehead atoms. The van der Waals surface area contributed by atoms with E-state index in [0.717, 1.165) is 49.5 Å². The van der Waals surface area contributed by atoms with Gasteiger partial charge in [0, 0.05) is 38.4 Å². The Morgan fingerprint density at radius 2 is 1.79 bits per heavy atom. The number of hydrogen-bond acceptors (Lipinski definition) is 3. The fraction of sp³-hybridized carbons (Fsp3) is 0.375. The van der Waals surface area contributed by atoms with E-state index in [1.807, 2.05) is 32.9 Å². The third-order valence-corrected chi connectivity index (χ3v) is 5.46. The molecule has 0 aliphatic carbocycles. The summed E-state index contributed by atoms with van der Waals surface area (Å²) >= 11 is 0. The summed E-state index contributed by atoms with van der Waals surface area (Å²) in [4.78, 5) is 17.4. The summed E-state index contributed by atoms with van der Waals surface area (Å²) in [5.74, 6) is 0.0751. The van der Waals surface area contributed by atoms with Crippen LogP contribution >= 0.6 is 0 Å². The molecule has 1 N–H and O–H groups in total. The molecule has 148 valence electrons. The first kappa shape index (κ1) is 20.3. The van der Waals surface area contributed by atoms with Crippen molar-refractivity contribution in [3.63, 3.8) is 0 Å². The first-order valence-electron chi connectivity index (χ1n) is 10.1. The summed E-state index contributed by atoms with van der Waals surface area (Å²) < 4.78 is 0. The second-order valence-corrected chi connectivity index (χ2v) is 7.63. The number of aryl methyl sites for hydroxylation is 2. The number of benzene rings is 2. The van der Waals surface area contributed by atoms with Crippen LogP contribution in [-0.4, -0.2) is 54.5 Å². The van der Waals surface area contributed by atoms with Crippen molar-refractivity contribution in [1.29, 1.82) is 0 Å². The van der Waals surface area contributed by atoms with Gasteiger partial charge in [-0.05, 0) is 43.5 Å². The smallest absolute Gasteiger partial charge is 0.241 e. The van der Waals surface area contributed by atoms with Crippen molar-refractivity contribution in [2.24, 2.45) is 0 Å². The molecule has 1 aliphatic heterocycles. The Kier molecular flexibility index (Phi) is 7.01. The molecule has 0 radical (unpaired) electrons. The second-order valence-electron chi connectivity index (χ2n) is 7.63.